The number of methoxy groups -OCH3 is 1. The summed E-state index contributed by atoms with van der Waals surface area (Å²) in [5, 5.41) is 0. The van der Waals surface area contributed by atoms with E-state index in [0.29, 0.717) is 11.7 Å². The molecule has 1 N–H and O–H groups in total. The molecule has 2 atom stereocenters. The van der Waals surface area contributed by atoms with Crippen LogP contribution in [0.25, 0.3) is 0 Å². The maximum atomic E-state index is 13.0. The highest BCUT2D eigenvalue weighted by atomic mass is 32.2. The number of sulfonamides is 1. The van der Waals surface area contributed by atoms with E-state index >= 15 is 0 Å². The zero-order valence-corrected chi connectivity index (χ0v) is 16.9. The van der Waals surface area contributed by atoms with Gasteiger partial charge in [-0.05, 0) is 69.3 Å². The van der Waals surface area contributed by atoms with Gasteiger partial charge in [0.1, 0.15) is 10.6 Å². The summed E-state index contributed by atoms with van der Waals surface area (Å²) >= 11 is 0. The van der Waals surface area contributed by atoms with Crippen LogP contribution in [0.1, 0.15) is 50.5 Å². The fourth-order valence-corrected chi connectivity index (χ4v) is 5.80. The summed E-state index contributed by atoms with van der Waals surface area (Å²) in [5.41, 5.74) is 0.987. The molecular formula is C20H32N2O3S. The van der Waals surface area contributed by atoms with Gasteiger partial charge in [0.25, 0.3) is 0 Å². The number of hydrogen-bond acceptors (Lipinski definition) is 4. The van der Waals surface area contributed by atoms with Crippen LogP contribution in [0.15, 0.2) is 23.1 Å². The lowest BCUT2D eigenvalue weighted by atomic mass is 9.84. The molecule has 3 rings (SSSR count). The normalized spacial score (nSPS) is 25.2. The maximum absolute atomic E-state index is 13.0. The van der Waals surface area contributed by atoms with Gasteiger partial charge in [-0.1, -0.05) is 25.3 Å². The lowest BCUT2D eigenvalue weighted by molar-refractivity contribution is 0.156. The second-order valence-electron chi connectivity index (χ2n) is 7.79. The van der Waals surface area contributed by atoms with Gasteiger partial charge in [-0.15, -0.1) is 0 Å². The number of rotatable bonds is 6. The lowest BCUT2D eigenvalue weighted by Crippen LogP contribution is -2.47. The molecule has 0 bridgehead atoms. The fourth-order valence-electron chi connectivity index (χ4n) is 4.31. The van der Waals surface area contributed by atoms with Gasteiger partial charge in [-0.25, -0.2) is 13.1 Å². The SMILES string of the molecule is COc1cc(C)ccc1S(=O)(=O)NC1CCCCC1CN1CCCCC1. The van der Waals surface area contributed by atoms with Crippen molar-refractivity contribution in [2.75, 3.05) is 26.7 Å². The van der Waals surface area contributed by atoms with Crippen molar-refractivity contribution in [3.8, 4) is 5.75 Å². The zero-order valence-electron chi connectivity index (χ0n) is 16.0. The first kappa shape index (κ1) is 19.6. The number of hydrogen-bond donors (Lipinski definition) is 1. The molecule has 146 valence electrons. The molecule has 2 unspecified atom stereocenters. The molecule has 1 heterocycles. The van der Waals surface area contributed by atoms with Gasteiger partial charge in [0.05, 0.1) is 7.11 Å². The van der Waals surface area contributed by atoms with Crippen molar-refractivity contribution >= 4 is 10.0 Å². The number of ether oxygens (including phenoxy) is 1. The van der Waals surface area contributed by atoms with Gasteiger partial charge < -0.3 is 9.64 Å². The maximum Gasteiger partial charge on any atom is 0.244 e. The molecule has 1 aliphatic carbocycles. The van der Waals surface area contributed by atoms with Gasteiger partial charge in [-0.2, -0.15) is 0 Å². The highest BCUT2D eigenvalue weighted by molar-refractivity contribution is 7.89. The van der Waals surface area contributed by atoms with Crippen molar-refractivity contribution in [2.24, 2.45) is 5.92 Å². The summed E-state index contributed by atoms with van der Waals surface area (Å²) in [7, 11) is -2.07. The average molecular weight is 381 g/mol. The minimum Gasteiger partial charge on any atom is -0.495 e. The third-order valence-electron chi connectivity index (χ3n) is 5.77. The minimum absolute atomic E-state index is 0.0154. The Kier molecular flexibility index (Phi) is 6.59. The quantitative estimate of drug-likeness (QED) is 0.822. The first-order chi connectivity index (χ1) is 12.5. The Morgan fingerprint density at radius 3 is 2.58 bits per heavy atom. The van der Waals surface area contributed by atoms with E-state index in [1.165, 1.54) is 32.8 Å². The predicted molar refractivity (Wildman–Crippen MR) is 104 cm³/mol. The highest BCUT2D eigenvalue weighted by Gasteiger charge is 2.32. The van der Waals surface area contributed by atoms with Crippen LogP contribution in [0.3, 0.4) is 0 Å². The Balaban J connectivity index is 1.73. The van der Waals surface area contributed by atoms with E-state index < -0.39 is 10.0 Å². The van der Waals surface area contributed by atoms with E-state index in [9.17, 15) is 8.42 Å². The van der Waals surface area contributed by atoms with Crippen molar-refractivity contribution < 1.29 is 13.2 Å². The summed E-state index contributed by atoms with van der Waals surface area (Å²) in [6.07, 6.45) is 8.18. The van der Waals surface area contributed by atoms with E-state index in [0.717, 1.165) is 44.5 Å². The number of benzene rings is 1. The van der Waals surface area contributed by atoms with Crippen LogP contribution in [0.5, 0.6) is 5.75 Å². The van der Waals surface area contributed by atoms with E-state index in [4.69, 9.17) is 4.74 Å². The van der Waals surface area contributed by atoms with Crippen LogP contribution in [0.2, 0.25) is 0 Å². The van der Waals surface area contributed by atoms with Gasteiger partial charge >= 0.3 is 0 Å². The number of aryl methyl sites for hydroxylation is 1. The molecule has 6 heteroatoms. The lowest BCUT2D eigenvalue weighted by Gasteiger charge is -2.37. The summed E-state index contributed by atoms with van der Waals surface area (Å²) < 4.78 is 34.4. The molecule has 1 aliphatic heterocycles. The van der Waals surface area contributed by atoms with E-state index in [-0.39, 0.29) is 10.9 Å². The van der Waals surface area contributed by atoms with Gasteiger partial charge in [0, 0.05) is 12.6 Å². The Hall–Kier alpha value is -1.11. The van der Waals surface area contributed by atoms with E-state index in [1.807, 2.05) is 13.0 Å². The Morgan fingerprint density at radius 2 is 1.85 bits per heavy atom. The van der Waals surface area contributed by atoms with E-state index in [1.54, 1.807) is 12.1 Å². The third-order valence-corrected chi connectivity index (χ3v) is 7.29. The van der Waals surface area contributed by atoms with Crippen LogP contribution in [-0.2, 0) is 10.0 Å². The topological polar surface area (TPSA) is 58.6 Å². The molecule has 5 nitrogen and oxygen atoms in total. The first-order valence-electron chi connectivity index (χ1n) is 9.89. The second-order valence-corrected chi connectivity index (χ2v) is 9.47. The molecule has 0 aromatic heterocycles. The Morgan fingerprint density at radius 1 is 1.12 bits per heavy atom. The highest BCUT2D eigenvalue weighted by Crippen LogP contribution is 2.30. The molecule has 2 aliphatic rings. The van der Waals surface area contributed by atoms with Gasteiger partial charge in [-0.3, -0.25) is 0 Å². The van der Waals surface area contributed by atoms with Crippen LogP contribution in [0, 0.1) is 12.8 Å². The van der Waals surface area contributed by atoms with Crippen LogP contribution < -0.4 is 9.46 Å². The van der Waals surface area contributed by atoms with E-state index in [2.05, 4.69) is 9.62 Å². The van der Waals surface area contributed by atoms with Crippen LogP contribution in [-0.4, -0.2) is 46.1 Å². The molecule has 1 aromatic rings. The molecule has 2 fully saturated rings. The molecule has 1 saturated carbocycles. The first-order valence-corrected chi connectivity index (χ1v) is 11.4. The van der Waals surface area contributed by atoms with Gasteiger partial charge in [0.15, 0.2) is 0 Å². The largest absolute Gasteiger partial charge is 0.495 e. The smallest absolute Gasteiger partial charge is 0.244 e. The molecule has 26 heavy (non-hydrogen) atoms. The third kappa shape index (κ3) is 4.78. The fraction of sp³-hybridized carbons (Fsp3) is 0.700. The number of likely N-dealkylation sites (tertiary alicyclic amines) is 1. The predicted octanol–water partition coefficient (Wildman–Crippen LogP) is 3.33. The monoisotopic (exact) mass is 380 g/mol. The average Bonchev–Trinajstić information content (AvgIpc) is 2.63. The van der Waals surface area contributed by atoms with Crippen molar-refractivity contribution in [2.45, 2.75) is 62.8 Å². The summed E-state index contributed by atoms with van der Waals surface area (Å²) in [4.78, 5) is 2.76. The molecule has 0 radical (unpaired) electrons. The minimum atomic E-state index is -3.59. The van der Waals surface area contributed by atoms with Crippen molar-refractivity contribution in [1.82, 2.24) is 9.62 Å². The van der Waals surface area contributed by atoms with Crippen molar-refractivity contribution in [3.63, 3.8) is 0 Å². The summed E-state index contributed by atoms with van der Waals surface area (Å²) in [5.74, 6) is 0.814. The second kappa shape index (κ2) is 8.72. The zero-order chi connectivity index (χ0) is 18.6. The van der Waals surface area contributed by atoms with Crippen molar-refractivity contribution in [1.29, 1.82) is 0 Å². The number of nitrogens with zero attached hydrogens (tertiary/aromatic N) is 1. The number of nitrogens with one attached hydrogen (secondary N) is 1. The van der Waals surface area contributed by atoms with Crippen LogP contribution in [0.4, 0.5) is 0 Å². The molecule has 0 amide bonds. The molecule has 1 aromatic carbocycles. The Labute approximate surface area is 158 Å². The van der Waals surface area contributed by atoms with Gasteiger partial charge in [0.2, 0.25) is 10.0 Å². The molecule has 0 spiro atoms. The summed E-state index contributed by atoms with van der Waals surface area (Å²) in [6.45, 7) is 5.25. The number of piperidine rings is 1. The van der Waals surface area contributed by atoms with Crippen LogP contribution >= 0.6 is 0 Å². The molecular weight excluding hydrogens is 348 g/mol. The molecule has 1 saturated heterocycles. The Bertz CT molecular complexity index is 699. The standard InChI is InChI=1S/C20H32N2O3S/c1-16-10-11-20(19(14-16)25-2)26(23,24)21-18-9-5-4-8-17(18)15-22-12-6-3-7-13-22/h10-11,14,17-18,21H,3-9,12-13,15H2,1-2H3. The van der Waals surface area contributed by atoms with Crippen molar-refractivity contribution in [3.05, 3.63) is 23.8 Å². The summed E-state index contributed by atoms with van der Waals surface area (Å²) in [6, 6.07) is 5.27.